The van der Waals surface area contributed by atoms with Crippen LogP contribution < -0.4 is 5.48 Å². The molecule has 0 aliphatic carbocycles. The number of nitrogens with one attached hydrogen (secondary N) is 1. The van der Waals surface area contributed by atoms with Crippen LogP contribution in [0.3, 0.4) is 0 Å². The maximum Gasteiger partial charge on any atom is 0.0806 e. The average molecular weight is 121 g/mol. The van der Waals surface area contributed by atoms with E-state index in [1.165, 1.54) is 6.92 Å². The minimum Gasteiger partial charge on any atom is -0.395 e. The summed E-state index contributed by atoms with van der Waals surface area (Å²) in [4.78, 5) is 0. The van der Waals surface area contributed by atoms with Gasteiger partial charge in [-0.05, 0) is 6.92 Å². The minimum atomic E-state index is -0.731. The molecule has 0 aliphatic rings. The minimum absolute atomic E-state index is 0.270. The number of rotatable bonds is 3. The highest BCUT2D eigenvalue weighted by atomic mass is 16.5. The number of hydrogen-bond acceptors (Lipinski definition) is 4. The molecule has 0 spiro atoms. The smallest absolute Gasteiger partial charge is 0.0806 e. The summed E-state index contributed by atoms with van der Waals surface area (Å²) in [5.74, 6) is 0. The highest BCUT2D eigenvalue weighted by molar-refractivity contribution is 4.65. The van der Waals surface area contributed by atoms with Gasteiger partial charge in [-0.15, -0.1) is 0 Å². The van der Waals surface area contributed by atoms with Crippen LogP contribution in [0.15, 0.2) is 0 Å². The van der Waals surface area contributed by atoms with Crippen molar-refractivity contribution in [2.24, 2.45) is 0 Å². The lowest BCUT2D eigenvalue weighted by molar-refractivity contribution is 0.0211. The van der Waals surface area contributed by atoms with Crippen LogP contribution in [0, 0.1) is 0 Å². The van der Waals surface area contributed by atoms with E-state index < -0.39 is 12.1 Å². The Morgan fingerprint density at radius 2 is 2.12 bits per heavy atom. The van der Waals surface area contributed by atoms with E-state index in [4.69, 9.17) is 15.4 Å². The molecule has 0 aliphatic heterocycles. The lowest BCUT2D eigenvalue weighted by Gasteiger charge is -2.13. The molecule has 8 heavy (non-hydrogen) atoms. The van der Waals surface area contributed by atoms with Gasteiger partial charge in [0, 0.05) is 0 Å². The fraction of sp³-hybridized carbons (Fsp3) is 1.00. The second-order valence-electron chi connectivity index (χ2n) is 1.66. The van der Waals surface area contributed by atoms with Crippen LogP contribution in [0.5, 0.6) is 0 Å². The zero-order chi connectivity index (χ0) is 6.57. The molecule has 0 rings (SSSR count). The Morgan fingerprint density at radius 3 is 2.12 bits per heavy atom. The van der Waals surface area contributed by atoms with Gasteiger partial charge in [0.15, 0.2) is 0 Å². The van der Waals surface area contributed by atoms with E-state index in [0.29, 0.717) is 0 Å². The third-order valence-electron chi connectivity index (χ3n) is 0.945. The summed E-state index contributed by atoms with van der Waals surface area (Å²) in [6, 6.07) is -0.630. The lowest BCUT2D eigenvalue weighted by Crippen LogP contribution is -2.39. The summed E-state index contributed by atoms with van der Waals surface area (Å²) < 4.78 is 0. The highest BCUT2D eigenvalue weighted by Gasteiger charge is 2.10. The molecule has 50 valence electrons. The Bertz CT molecular complexity index is 53.2. The van der Waals surface area contributed by atoms with Gasteiger partial charge in [0.25, 0.3) is 0 Å². The van der Waals surface area contributed by atoms with E-state index in [1.54, 1.807) is 5.48 Å². The summed E-state index contributed by atoms with van der Waals surface area (Å²) in [6.07, 6.45) is -0.731. The molecule has 4 heteroatoms. The van der Waals surface area contributed by atoms with E-state index in [2.05, 4.69) is 0 Å². The SMILES string of the molecule is CC(O)C(CO)NO. The van der Waals surface area contributed by atoms with Gasteiger partial charge in [-0.1, -0.05) is 0 Å². The van der Waals surface area contributed by atoms with Crippen molar-refractivity contribution in [3.05, 3.63) is 0 Å². The Hall–Kier alpha value is -0.160. The van der Waals surface area contributed by atoms with Crippen LogP contribution in [0.1, 0.15) is 6.92 Å². The van der Waals surface area contributed by atoms with E-state index in [1.807, 2.05) is 0 Å². The van der Waals surface area contributed by atoms with Crippen molar-refractivity contribution in [1.82, 2.24) is 5.48 Å². The van der Waals surface area contributed by atoms with Crippen LogP contribution in [0.4, 0.5) is 0 Å². The Labute approximate surface area is 47.7 Å². The first-order chi connectivity index (χ1) is 3.72. The fourth-order valence-corrected chi connectivity index (χ4v) is 0.301. The summed E-state index contributed by atoms with van der Waals surface area (Å²) in [6.45, 7) is 1.21. The van der Waals surface area contributed by atoms with Gasteiger partial charge < -0.3 is 15.4 Å². The quantitative estimate of drug-likeness (QED) is 0.350. The van der Waals surface area contributed by atoms with Gasteiger partial charge in [-0.2, -0.15) is 5.48 Å². The van der Waals surface area contributed by atoms with Crippen LogP contribution in [0.25, 0.3) is 0 Å². The van der Waals surface area contributed by atoms with E-state index in [9.17, 15) is 0 Å². The number of hydrogen-bond donors (Lipinski definition) is 4. The molecule has 0 saturated carbocycles. The first kappa shape index (κ1) is 7.84. The van der Waals surface area contributed by atoms with Crippen LogP contribution in [-0.4, -0.2) is 34.2 Å². The Kier molecular flexibility index (Phi) is 3.72. The van der Waals surface area contributed by atoms with Crippen LogP contribution in [-0.2, 0) is 0 Å². The molecular formula is C4H11NO3. The van der Waals surface area contributed by atoms with Gasteiger partial charge in [0.2, 0.25) is 0 Å². The van der Waals surface area contributed by atoms with Crippen molar-refractivity contribution >= 4 is 0 Å². The van der Waals surface area contributed by atoms with Gasteiger partial charge in [-0.25, -0.2) is 0 Å². The van der Waals surface area contributed by atoms with Gasteiger partial charge in [-0.3, -0.25) is 0 Å². The third-order valence-corrected chi connectivity index (χ3v) is 0.945. The van der Waals surface area contributed by atoms with E-state index in [0.717, 1.165) is 0 Å². The number of aliphatic hydroxyl groups is 2. The molecule has 2 unspecified atom stereocenters. The summed E-state index contributed by atoms with van der Waals surface area (Å²) in [5, 5.41) is 25.1. The molecule has 0 bridgehead atoms. The van der Waals surface area contributed by atoms with Crippen molar-refractivity contribution in [2.45, 2.75) is 19.1 Å². The summed E-state index contributed by atoms with van der Waals surface area (Å²) in [7, 11) is 0. The zero-order valence-corrected chi connectivity index (χ0v) is 4.70. The van der Waals surface area contributed by atoms with Crippen molar-refractivity contribution in [1.29, 1.82) is 0 Å². The molecule has 0 heterocycles. The van der Waals surface area contributed by atoms with Crippen molar-refractivity contribution in [3.8, 4) is 0 Å². The molecule has 4 nitrogen and oxygen atoms in total. The van der Waals surface area contributed by atoms with Crippen molar-refractivity contribution < 1.29 is 15.4 Å². The second-order valence-corrected chi connectivity index (χ2v) is 1.66. The predicted octanol–water partition coefficient (Wildman–Crippen LogP) is -1.29. The summed E-state index contributed by atoms with van der Waals surface area (Å²) in [5.41, 5.74) is 1.75. The molecular weight excluding hydrogens is 110 g/mol. The predicted molar refractivity (Wildman–Crippen MR) is 27.5 cm³/mol. The molecule has 0 aromatic carbocycles. The third kappa shape index (κ3) is 2.23. The molecule has 0 saturated heterocycles. The molecule has 0 fully saturated rings. The molecule has 0 aromatic heterocycles. The zero-order valence-electron chi connectivity index (χ0n) is 4.70. The molecule has 0 amide bonds. The van der Waals surface area contributed by atoms with E-state index >= 15 is 0 Å². The first-order valence-corrected chi connectivity index (χ1v) is 2.41. The molecule has 4 N–H and O–H groups in total. The largest absolute Gasteiger partial charge is 0.395 e. The standard InChI is InChI=1S/C4H11NO3/c1-3(7)4(2-6)5-8/h3-8H,2H2,1H3. The van der Waals surface area contributed by atoms with E-state index in [-0.39, 0.29) is 6.61 Å². The highest BCUT2D eigenvalue weighted by Crippen LogP contribution is 1.87. The number of hydroxylamine groups is 1. The van der Waals surface area contributed by atoms with Gasteiger partial charge in [0.1, 0.15) is 0 Å². The Balaban J connectivity index is 3.35. The molecule has 0 radical (unpaired) electrons. The topological polar surface area (TPSA) is 72.7 Å². The molecule has 0 aromatic rings. The lowest BCUT2D eigenvalue weighted by atomic mass is 10.2. The molecule has 2 atom stereocenters. The Morgan fingerprint density at radius 1 is 1.62 bits per heavy atom. The van der Waals surface area contributed by atoms with Gasteiger partial charge in [0.05, 0.1) is 18.8 Å². The van der Waals surface area contributed by atoms with Crippen molar-refractivity contribution in [3.63, 3.8) is 0 Å². The van der Waals surface area contributed by atoms with Crippen LogP contribution in [0.2, 0.25) is 0 Å². The second kappa shape index (κ2) is 3.80. The average Bonchev–Trinajstić information content (AvgIpc) is 1.69. The number of aliphatic hydroxyl groups excluding tert-OH is 2. The monoisotopic (exact) mass is 121 g/mol. The maximum absolute atomic E-state index is 8.63. The maximum atomic E-state index is 8.63. The first-order valence-electron chi connectivity index (χ1n) is 2.41. The van der Waals surface area contributed by atoms with Crippen molar-refractivity contribution in [2.75, 3.05) is 6.61 Å². The van der Waals surface area contributed by atoms with Gasteiger partial charge >= 0.3 is 0 Å². The fourth-order valence-electron chi connectivity index (χ4n) is 0.301. The van der Waals surface area contributed by atoms with Crippen LogP contribution >= 0.6 is 0 Å². The summed E-state index contributed by atoms with van der Waals surface area (Å²) >= 11 is 0. The normalized spacial score (nSPS) is 18.0.